The molecular formula is C14H14N6O7S2. The highest BCUT2D eigenvalue weighted by Crippen LogP contribution is 2.40. The van der Waals surface area contributed by atoms with Crippen molar-refractivity contribution >= 4 is 57.8 Å². The number of anilines is 1. The zero-order valence-corrected chi connectivity index (χ0v) is 16.0. The number of carboxylic acid groups (broad SMARTS) is 1. The second-order valence-electron chi connectivity index (χ2n) is 5.75. The molecule has 7 N–H and O–H groups in total. The summed E-state index contributed by atoms with van der Waals surface area (Å²) < 4.78 is 4.63. The topological polar surface area (TPSA) is 211 Å². The van der Waals surface area contributed by atoms with Gasteiger partial charge in [-0.15, -0.1) is 23.1 Å². The molecule has 15 heteroatoms. The van der Waals surface area contributed by atoms with E-state index in [1.54, 1.807) is 0 Å². The Hall–Kier alpha value is -3.33. The number of aromatic nitrogens is 1. The molecule has 2 aliphatic heterocycles. The van der Waals surface area contributed by atoms with Crippen LogP contribution in [0.1, 0.15) is 5.69 Å². The molecule has 3 heterocycles. The number of hydrogen-bond donors (Lipinski definition) is 5. The summed E-state index contributed by atoms with van der Waals surface area (Å²) in [5.41, 5.74) is 9.86. The lowest BCUT2D eigenvalue weighted by molar-refractivity contribution is -0.150. The molecule has 3 amide bonds. The van der Waals surface area contributed by atoms with E-state index in [4.69, 9.17) is 16.7 Å². The van der Waals surface area contributed by atoms with Crippen LogP contribution in [-0.4, -0.2) is 73.6 Å². The van der Waals surface area contributed by atoms with E-state index in [0.717, 1.165) is 16.2 Å². The number of thioether (sulfide) groups is 1. The van der Waals surface area contributed by atoms with Gasteiger partial charge in [0.25, 0.3) is 11.8 Å². The van der Waals surface area contributed by atoms with Gasteiger partial charge in [-0.2, -0.15) is 0 Å². The molecule has 2 atom stereocenters. The zero-order chi connectivity index (χ0) is 21.3. The Balaban J connectivity index is 1.76. The summed E-state index contributed by atoms with van der Waals surface area (Å²) in [4.78, 5) is 52.2. The Morgan fingerprint density at radius 1 is 1.45 bits per heavy atom. The first-order valence-electron chi connectivity index (χ1n) is 7.81. The van der Waals surface area contributed by atoms with Crippen LogP contribution >= 0.6 is 23.1 Å². The van der Waals surface area contributed by atoms with Crippen molar-refractivity contribution in [1.29, 1.82) is 0 Å². The number of amides is 3. The molecule has 1 fully saturated rings. The third-order valence-corrected chi connectivity index (χ3v) is 6.02. The molecule has 3 rings (SSSR count). The van der Waals surface area contributed by atoms with Gasteiger partial charge in [0.1, 0.15) is 29.4 Å². The van der Waals surface area contributed by atoms with Gasteiger partial charge >= 0.3 is 12.1 Å². The Labute approximate surface area is 170 Å². The molecule has 0 radical (unpaired) electrons. The number of hydrogen-bond acceptors (Lipinski definition) is 11. The van der Waals surface area contributed by atoms with Crippen LogP contribution in [0.3, 0.4) is 0 Å². The Morgan fingerprint density at radius 2 is 2.17 bits per heavy atom. The van der Waals surface area contributed by atoms with E-state index < -0.39 is 41.0 Å². The fourth-order valence-electron chi connectivity index (χ4n) is 2.77. The SMILES string of the molecule is NC(=O)OCC1=C(C(=O)O)N2C(=O)C(NC(=O)C(=NO)c3csc(N)n3)[C@H]2SC1. The molecule has 0 saturated carbocycles. The van der Waals surface area contributed by atoms with E-state index in [9.17, 15) is 24.3 Å². The number of rotatable bonds is 6. The smallest absolute Gasteiger partial charge is 0.404 e. The van der Waals surface area contributed by atoms with Crippen molar-refractivity contribution in [3.63, 3.8) is 0 Å². The van der Waals surface area contributed by atoms with Gasteiger partial charge in [-0.05, 0) is 0 Å². The number of nitrogens with zero attached hydrogens (tertiary/aromatic N) is 3. The lowest BCUT2D eigenvalue weighted by atomic mass is 10.0. The van der Waals surface area contributed by atoms with E-state index >= 15 is 0 Å². The Morgan fingerprint density at radius 3 is 2.72 bits per heavy atom. The molecule has 2 aliphatic rings. The molecule has 0 spiro atoms. The van der Waals surface area contributed by atoms with Crippen molar-refractivity contribution in [3.8, 4) is 0 Å². The van der Waals surface area contributed by atoms with Crippen molar-refractivity contribution in [2.75, 3.05) is 18.1 Å². The number of aliphatic carboxylic acids is 1. The molecule has 1 aromatic heterocycles. The lowest BCUT2D eigenvalue weighted by Gasteiger charge is -2.49. The van der Waals surface area contributed by atoms with Crippen molar-refractivity contribution in [2.45, 2.75) is 11.4 Å². The highest BCUT2D eigenvalue weighted by Gasteiger charge is 2.54. The normalized spacial score (nSPS) is 21.3. The molecule has 0 aromatic carbocycles. The number of carboxylic acids is 1. The molecular weight excluding hydrogens is 428 g/mol. The maximum Gasteiger partial charge on any atom is 0.404 e. The molecule has 13 nitrogen and oxygen atoms in total. The molecule has 1 unspecified atom stereocenters. The molecule has 1 saturated heterocycles. The van der Waals surface area contributed by atoms with Crippen molar-refractivity contribution in [1.82, 2.24) is 15.2 Å². The standard InChI is InChI=1S/C14H14N6O7S2/c15-13-17-5(3-29-13)6(19-26)9(21)18-7-10(22)20-8(12(23)24)4(1-27-14(16)25)2-28-11(7)20/h3,7,11,26H,1-2H2,(H2,15,17)(H2,16,25)(H,18,21)(H,23,24)/t7?,11-/m1/s1. The second kappa shape index (κ2) is 7.96. The predicted octanol–water partition coefficient (Wildman–Crippen LogP) is -1.26. The molecule has 1 aromatic rings. The number of thiazole rings is 1. The van der Waals surface area contributed by atoms with Gasteiger partial charge in [-0.3, -0.25) is 14.5 Å². The predicted molar refractivity (Wildman–Crippen MR) is 100 cm³/mol. The number of primary amides is 1. The third-order valence-electron chi connectivity index (χ3n) is 4.00. The summed E-state index contributed by atoms with van der Waals surface area (Å²) in [5, 5.41) is 24.8. The monoisotopic (exact) mass is 442 g/mol. The highest BCUT2D eigenvalue weighted by molar-refractivity contribution is 8.00. The molecule has 0 bridgehead atoms. The number of ether oxygens (including phenoxy) is 1. The lowest BCUT2D eigenvalue weighted by Crippen LogP contribution is -2.71. The molecule has 0 aliphatic carbocycles. The quantitative estimate of drug-likeness (QED) is 0.153. The van der Waals surface area contributed by atoms with Crippen LogP contribution in [0.2, 0.25) is 0 Å². The number of carbonyl (C=O) groups excluding carboxylic acids is 3. The first-order chi connectivity index (χ1) is 13.7. The minimum atomic E-state index is -1.38. The summed E-state index contributed by atoms with van der Waals surface area (Å²) in [6.07, 6.45) is -1.08. The number of oxime groups is 1. The maximum atomic E-state index is 12.5. The van der Waals surface area contributed by atoms with Crippen molar-refractivity contribution in [2.24, 2.45) is 10.9 Å². The Kier molecular flexibility index (Phi) is 5.60. The first-order valence-corrected chi connectivity index (χ1v) is 9.74. The largest absolute Gasteiger partial charge is 0.477 e. The van der Waals surface area contributed by atoms with Gasteiger partial charge in [0.05, 0.1) is 0 Å². The number of nitrogen functional groups attached to an aromatic ring is 1. The minimum Gasteiger partial charge on any atom is -0.477 e. The van der Waals surface area contributed by atoms with Gasteiger partial charge in [-0.1, -0.05) is 5.16 Å². The van der Waals surface area contributed by atoms with Gasteiger partial charge in [-0.25, -0.2) is 14.6 Å². The van der Waals surface area contributed by atoms with Crippen LogP contribution in [0.15, 0.2) is 21.8 Å². The fraction of sp³-hybridized carbons (Fsp3) is 0.286. The van der Waals surface area contributed by atoms with Crippen molar-refractivity contribution in [3.05, 3.63) is 22.3 Å². The van der Waals surface area contributed by atoms with E-state index in [1.165, 1.54) is 17.1 Å². The van der Waals surface area contributed by atoms with Crippen LogP contribution in [0.25, 0.3) is 0 Å². The number of nitrogens with one attached hydrogen (secondary N) is 1. The highest BCUT2D eigenvalue weighted by atomic mass is 32.2. The second-order valence-corrected chi connectivity index (χ2v) is 7.74. The number of nitrogens with two attached hydrogens (primary N) is 2. The van der Waals surface area contributed by atoms with Crippen LogP contribution in [-0.2, 0) is 19.1 Å². The summed E-state index contributed by atoms with van der Waals surface area (Å²) >= 11 is 2.20. The molecule has 29 heavy (non-hydrogen) atoms. The zero-order valence-electron chi connectivity index (χ0n) is 14.4. The van der Waals surface area contributed by atoms with E-state index in [2.05, 4.69) is 20.2 Å². The number of fused-ring (bicyclic) bond motifs is 1. The summed E-state index contributed by atoms with van der Waals surface area (Å²) in [7, 11) is 0. The van der Waals surface area contributed by atoms with E-state index in [-0.39, 0.29) is 34.5 Å². The van der Waals surface area contributed by atoms with Crippen LogP contribution in [0.5, 0.6) is 0 Å². The summed E-state index contributed by atoms with van der Waals surface area (Å²) in [5.74, 6) is -2.80. The van der Waals surface area contributed by atoms with Gasteiger partial charge in [0.15, 0.2) is 10.8 Å². The van der Waals surface area contributed by atoms with E-state index in [1.807, 2.05) is 0 Å². The van der Waals surface area contributed by atoms with Crippen LogP contribution in [0.4, 0.5) is 9.93 Å². The number of β-lactam (4-membered cyclic amide) rings is 1. The summed E-state index contributed by atoms with van der Waals surface area (Å²) in [6.45, 7) is -0.371. The minimum absolute atomic E-state index is 0.0319. The fourth-order valence-corrected chi connectivity index (χ4v) is 4.65. The first kappa shape index (κ1) is 20.4. The van der Waals surface area contributed by atoms with Crippen molar-refractivity contribution < 1.29 is 34.2 Å². The maximum absolute atomic E-state index is 12.5. The summed E-state index contributed by atoms with van der Waals surface area (Å²) in [6, 6.07) is -1.05. The van der Waals surface area contributed by atoms with Gasteiger partial charge < -0.3 is 31.8 Å². The van der Waals surface area contributed by atoms with E-state index in [0.29, 0.717) is 0 Å². The van der Waals surface area contributed by atoms with Gasteiger partial charge in [0, 0.05) is 16.7 Å². The molecule has 154 valence electrons. The van der Waals surface area contributed by atoms with Crippen LogP contribution in [0, 0.1) is 0 Å². The van der Waals surface area contributed by atoms with Gasteiger partial charge in [0.2, 0.25) is 0 Å². The third kappa shape index (κ3) is 3.81. The van der Waals surface area contributed by atoms with Crippen LogP contribution < -0.4 is 16.8 Å². The average molecular weight is 442 g/mol. The number of carbonyl (C=O) groups is 4. The average Bonchev–Trinajstić information content (AvgIpc) is 3.09. The Bertz CT molecular complexity index is 958.